The quantitative estimate of drug-likeness (QED) is 0.263. The van der Waals surface area contributed by atoms with E-state index in [-0.39, 0.29) is 37.0 Å². The van der Waals surface area contributed by atoms with Gasteiger partial charge in [0.2, 0.25) is 11.8 Å². The van der Waals surface area contributed by atoms with Crippen molar-refractivity contribution in [1.29, 1.82) is 0 Å². The fraction of sp³-hybridized carbons (Fsp3) is 0.659. The van der Waals surface area contributed by atoms with Gasteiger partial charge in [-0.1, -0.05) is 48.5 Å². The highest BCUT2D eigenvalue weighted by molar-refractivity contribution is 5.81. The Kier molecular flexibility index (Phi) is 9.63. The maximum atomic E-state index is 12.9. The second-order valence-corrected chi connectivity index (χ2v) is 16.3. The molecule has 0 aromatic heterocycles. The van der Waals surface area contributed by atoms with E-state index in [9.17, 15) is 9.59 Å². The van der Waals surface area contributed by atoms with Crippen molar-refractivity contribution in [3.8, 4) is 0 Å². The molecule has 4 heterocycles. The van der Waals surface area contributed by atoms with Crippen LogP contribution in [0.15, 0.2) is 48.5 Å². The molecular formula is C41H57N5O2. The predicted molar refractivity (Wildman–Crippen MR) is 190 cm³/mol. The number of rotatable bonds is 12. The monoisotopic (exact) mass is 651 g/mol. The van der Waals surface area contributed by atoms with Crippen molar-refractivity contribution < 1.29 is 9.59 Å². The molecule has 4 atom stereocenters. The minimum atomic E-state index is 0.0511. The molecule has 4 aliphatic heterocycles. The van der Waals surface area contributed by atoms with Gasteiger partial charge >= 0.3 is 0 Å². The summed E-state index contributed by atoms with van der Waals surface area (Å²) in [6.45, 7) is 2.96. The van der Waals surface area contributed by atoms with E-state index in [0.29, 0.717) is 24.2 Å². The number of likely N-dealkylation sites (N-methyl/N-ethyl adjacent to an activating group) is 1. The van der Waals surface area contributed by atoms with Crippen LogP contribution in [0.5, 0.6) is 0 Å². The third-order valence-corrected chi connectivity index (χ3v) is 13.3. The number of hydrogen-bond acceptors (Lipinski definition) is 5. The average Bonchev–Trinajstić information content (AvgIpc) is 3.86. The molecule has 2 aliphatic carbocycles. The van der Waals surface area contributed by atoms with Crippen LogP contribution in [0.3, 0.4) is 0 Å². The van der Waals surface area contributed by atoms with Gasteiger partial charge < -0.3 is 10.6 Å². The maximum absolute atomic E-state index is 12.9. The van der Waals surface area contributed by atoms with Crippen molar-refractivity contribution in [3.05, 3.63) is 70.8 Å². The molecular weight excluding hydrogens is 594 g/mol. The highest BCUT2D eigenvalue weighted by Gasteiger charge is 2.44. The van der Waals surface area contributed by atoms with Crippen LogP contribution in [0.2, 0.25) is 0 Å². The summed E-state index contributed by atoms with van der Waals surface area (Å²) in [5.74, 6) is 1.63. The normalized spacial score (nSPS) is 32.4. The molecule has 4 fully saturated rings. The van der Waals surface area contributed by atoms with Crippen LogP contribution < -0.4 is 10.6 Å². The Morgan fingerprint density at radius 2 is 0.896 bits per heavy atom. The Morgan fingerprint density at radius 3 is 1.23 bits per heavy atom. The van der Waals surface area contributed by atoms with Crippen molar-refractivity contribution in [2.75, 3.05) is 33.2 Å². The summed E-state index contributed by atoms with van der Waals surface area (Å²) >= 11 is 0. The largest absolute Gasteiger partial charge is 0.352 e. The first-order valence-corrected chi connectivity index (χ1v) is 19.5. The third-order valence-electron chi connectivity index (χ3n) is 13.3. The van der Waals surface area contributed by atoms with Crippen molar-refractivity contribution in [2.45, 2.75) is 126 Å². The molecule has 2 N–H and O–H groups in total. The maximum Gasteiger partial charge on any atom is 0.234 e. The molecule has 48 heavy (non-hydrogen) atoms. The summed E-state index contributed by atoms with van der Waals surface area (Å²) in [6, 6.07) is 21.3. The lowest BCUT2D eigenvalue weighted by molar-refractivity contribution is -0.125. The van der Waals surface area contributed by atoms with Crippen LogP contribution >= 0.6 is 0 Å². The van der Waals surface area contributed by atoms with E-state index in [0.717, 1.165) is 37.5 Å². The van der Waals surface area contributed by atoms with E-state index in [1.165, 1.54) is 77.3 Å². The minimum Gasteiger partial charge on any atom is -0.352 e. The topological polar surface area (TPSA) is 67.9 Å². The minimum absolute atomic E-state index is 0.0511. The Balaban J connectivity index is 0.685. The summed E-state index contributed by atoms with van der Waals surface area (Å²) in [7, 11) is 1.89. The molecule has 2 aromatic rings. The predicted octanol–water partition coefficient (Wildman–Crippen LogP) is 6.83. The van der Waals surface area contributed by atoms with E-state index in [2.05, 4.69) is 69.0 Å². The Hall–Kier alpha value is -2.74. The summed E-state index contributed by atoms with van der Waals surface area (Å²) in [6.07, 6.45) is 16.9. The number of benzene rings is 2. The molecule has 2 saturated carbocycles. The molecule has 2 amide bonds. The summed E-state index contributed by atoms with van der Waals surface area (Å²) in [5.41, 5.74) is 6.30. The van der Waals surface area contributed by atoms with Crippen LogP contribution in [0.25, 0.3) is 0 Å². The number of nitrogens with one attached hydrogen (secondary N) is 2. The highest BCUT2D eigenvalue weighted by Crippen LogP contribution is 2.54. The lowest BCUT2D eigenvalue weighted by atomic mass is 9.84. The summed E-state index contributed by atoms with van der Waals surface area (Å²) in [4.78, 5) is 33.1. The zero-order valence-corrected chi connectivity index (χ0v) is 29.1. The number of hydrogen-bond donors (Lipinski definition) is 2. The molecule has 258 valence electrons. The van der Waals surface area contributed by atoms with Crippen molar-refractivity contribution in [3.63, 3.8) is 0 Å². The van der Waals surface area contributed by atoms with Gasteiger partial charge in [0.25, 0.3) is 0 Å². The van der Waals surface area contributed by atoms with Crippen LogP contribution in [-0.4, -0.2) is 71.8 Å². The first-order chi connectivity index (χ1) is 23.5. The smallest absolute Gasteiger partial charge is 0.234 e. The molecule has 2 aromatic carbocycles. The molecule has 8 rings (SSSR count). The van der Waals surface area contributed by atoms with Crippen molar-refractivity contribution >= 4 is 11.8 Å². The summed E-state index contributed by atoms with van der Waals surface area (Å²) in [5, 5.41) is 6.57. The van der Waals surface area contributed by atoms with E-state index in [1.54, 1.807) is 22.3 Å². The van der Waals surface area contributed by atoms with Crippen LogP contribution in [0.1, 0.15) is 136 Å². The SMILES string of the molecule is CN(CC(=O)NC1CCC(CCN2C3CC[C@@H]2c2ccccc23)CC1)CC(=O)NC1CCC(CCN2[C@@H]3CC[C@H]2c2ccccc23)CC1. The lowest BCUT2D eigenvalue weighted by Gasteiger charge is -2.32. The Morgan fingerprint density at radius 1 is 0.562 bits per heavy atom. The molecule has 2 saturated heterocycles. The molecule has 6 aliphatic rings. The second kappa shape index (κ2) is 14.2. The number of carbonyl (C=O) groups is 2. The standard InChI is InChI=1S/C41H57N5O2/c1-44(26-40(47)42-30-14-10-28(11-15-30)22-24-45-36-18-19-37(45)33-7-3-2-6-32(33)36)27-41(48)43-31-16-12-29(13-17-31)23-25-46-38-20-21-39(46)35-9-5-4-8-34(35)38/h2-9,28-31,36-39H,10-27H2,1H3,(H,42,47)(H,43,48)/t28?,29?,30?,31?,36-,37+,38-,39?/m1/s1. The third kappa shape index (κ3) is 6.72. The molecule has 7 nitrogen and oxygen atoms in total. The van der Waals surface area contributed by atoms with E-state index in [4.69, 9.17) is 0 Å². The van der Waals surface area contributed by atoms with Gasteiger partial charge in [-0.25, -0.2) is 0 Å². The first kappa shape index (κ1) is 32.5. The van der Waals surface area contributed by atoms with Gasteiger partial charge in [0.15, 0.2) is 0 Å². The molecule has 0 radical (unpaired) electrons. The van der Waals surface area contributed by atoms with Crippen LogP contribution in [0.4, 0.5) is 0 Å². The van der Waals surface area contributed by atoms with Gasteiger partial charge in [0.05, 0.1) is 13.1 Å². The Labute approximate surface area is 288 Å². The molecule has 4 bridgehead atoms. The highest BCUT2D eigenvalue weighted by atomic mass is 16.2. The second-order valence-electron chi connectivity index (χ2n) is 16.3. The fourth-order valence-corrected chi connectivity index (χ4v) is 10.9. The van der Waals surface area contributed by atoms with E-state index in [1.807, 2.05) is 11.9 Å². The number of fused-ring (bicyclic) bond motifs is 10. The van der Waals surface area contributed by atoms with Gasteiger partial charge in [-0.05, 0) is 144 Å². The fourth-order valence-electron chi connectivity index (χ4n) is 10.9. The van der Waals surface area contributed by atoms with Gasteiger partial charge in [-0.15, -0.1) is 0 Å². The van der Waals surface area contributed by atoms with Crippen molar-refractivity contribution in [1.82, 2.24) is 25.3 Å². The molecule has 1 unspecified atom stereocenters. The number of nitrogens with zero attached hydrogens (tertiary/aromatic N) is 3. The van der Waals surface area contributed by atoms with E-state index >= 15 is 0 Å². The average molecular weight is 652 g/mol. The van der Waals surface area contributed by atoms with Gasteiger partial charge in [0, 0.05) is 36.3 Å². The zero-order chi connectivity index (χ0) is 32.6. The van der Waals surface area contributed by atoms with Gasteiger partial charge in [-0.3, -0.25) is 24.3 Å². The van der Waals surface area contributed by atoms with Gasteiger partial charge in [-0.2, -0.15) is 0 Å². The lowest BCUT2D eigenvalue weighted by Crippen LogP contribution is -2.46. The number of carbonyl (C=O) groups excluding carboxylic acids is 2. The summed E-state index contributed by atoms with van der Waals surface area (Å²) < 4.78 is 0. The Bertz CT molecular complexity index is 1280. The first-order valence-electron chi connectivity index (χ1n) is 19.5. The molecule has 0 spiro atoms. The molecule has 7 heteroatoms. The van der Waals surface area contributed by atoms with Crippen molar-refractivity contribution in [2.24, 2.45) is 11.8 Å². The zero-order valence-electron chi connectivity index (χ0n) is 29.1. The van der Waals surface area contributed by atoms with E-state index < -0.39 is 0 Å². The van der Waals surface area contributed by atoms with Crippen LogP contribution in [0, 0.1) is 11.8 Å². The van der Waals surface area contributed by atoms with Crippen LogP contribution in [-0.2, 0) is 9.59 Å². The number of amides is 2. The van der Waals surface area contributed by atoms with Gasteiger partial charge in [0.1, 0.15) is 0 Å².